The van der Waals surface area contributed by atoms with E-state index in [4.69, 9.17) is 14.9 Å². The molecule has 0 bridgehead atoms. The zero-order valence-electron chi connectivity index (χ0n) is 9.96. The van der Waals surface area contributed by atoms with Gasteiger partial charge >= 0.3 is 5.97 Å². The summed E-state index contributed by atoms with van der Waals surface area (Å²) in [6.45, 7) is 0.981. The molecule has 0 aliphatic rings. The maximum Gasteiger partial charge on any atom is 0.358 e. The number of hydrogen-bond donors (Lipinski definition) is 2. The summed E-state index contributed by atoms with van der Waals surface area (Å²) in [5.74, 6) is -0.645. The van der Waals surface area contributed by atoms with Gasteiger partial charge in [-0.3, -0.25) is 0 Å². The first-order valence-corrected chi connectivity index (χ1v) is 5.57. The van der Waals surface area contributed by atoms with E-state index in [1.54, 1.807) is 12.1 Å². The maximum atomic E-state index is 10.6. The predicted molar refractivity (Wildman–Crippen MR) is 65.2 cm³/mol. The lowest BCUT2D eigenvalue weighted by atomic mass is 10.1. The average molecular weight is 257 g/mol. The van der Waals surface area contributed by atoms with E-state index in [2.05, 4.69) is 16.5 Å². The van der Waals surface area contributed by atoms with Crippen LogP contribution < -0.4 is 5.32 Å². The minimum atomic E-state index is -1.11. The van der Waals surface area contributed by atoms with Gasteiger partial charge in [-0.25, -0.2) is 4.79 Å². The summed E-state index contributed by atoms with van der Waals surface area (Å²) < 4.78 is 4.86. The second-order valence-electron chi connectivity index (χ2n) is 3.90. The molecule has 19 heavy (non-hydrogen) atoms. The number of carboxylic acids is 1. The highest BCUT2D eigenvalue weighted by Gasteiger charge is 2.09. The van der Waals surface area contributed by atoms with Crippen LogP contribution in [0.4, 0.5) is 0 Å². The van der Waals surface area contributed by atoms with E-state index in [0.29, 0.717) is 24.4 Å². The predicted octanol–water partition coefficient (Wildman–Crippen LogP) is 1.53. The van der Waals surface area contributed by atoms with Crippen LogP contribution in [-0.4, -0.2) is 16.2 Å². The first-order chi connectivity index (χ1) is 9.19. The fraction of sp³-hybridized carbons (Fsp3) is 0.154. The van der Waals surface area contributed by atoms with Crippen LogP contribution in [-0.2, 0) is 13.1 Å². The van der Waals surface area contributed by atoms with E-state index in [9.17, 15) is 4.79 Å². The molecule has 2 rings (SSSR count). The van der Waals surface area contributed by atoms with Crippen LogP contribution >= 0.6 is 0 Å². The Morgan fingerprint density at radius 2 is 2.11 bits per heavy atom. The molecule has 0 aliphatic heterocycles. The molecule has 6 nitrogen and oxygen atoms in total. The Balaban J connectivity index is 1.85. The van der Waals surface area contributed by atoms with Crippen LogP contribution in [0.25, 0.3) is 0 Å². The van der Waals surface area contributed by atoms with E-state index < -0.39 is 5.97 Å². The largest absolute Gasteiger partial charge is 0.476 e. The Labute approximate surface area is 109 Å². The van der Waals surface area contributed by atoms with Crippen molar-refractivity contribution in [3.05, 3.63) is 52.9 Å². The first kappa shape index (κ1) is 12.8. The van der Waals surface area contributed by atoms with Crippen LogP contribution in [0.2, 0.25) is 0 Å². The van der Waals surface area contributed by atoms with Crippen LogP contribution in [0.1, 0.15) is 27.4 Å². The highest BCUT2D eigenvalue weighted by Crippen LogP contribution is 2.05. The van der Waals surface area contributed by atoms with E-state index in [-0.39, 0.29) is 5.69 Å². The number of nitriles is 1. The molecular formula is C13H11N3O3. The quantitative estimate of drug-likeness (QED) is 0.842. The van der Waals surface area contributed by atoms with Gasteiger partial charge < -0.3 is 14.9 Å². The molecule has 6 heteroatoms. The smallest absolute Gasteiger partial charge is 0.358 e. The van der Waals surface area contributed by atoms with Crippen molar-refractivity contribution in [3.8, 4) is 6.07 Å². The van der Waals surface area contributed by atoms with Crippen molar-refractivity contribution in [2.24, 2.45) is 0 Å². The highest BCUT2D eigenvalue weighted by atomic mass is 16.5. The molecule has 0 amide bonds. The zero-order chi connectivity index (χ0) is 13.7. The van der Waals surface area contributed by atoms with E-state index in [0.717, 1.165) is 5.56 Å². The van der Waals surface area contributed by atoms with Crippen molar-refractivity contribution in [2.45, 2.75) is 13.1 Å². The van der Waals surface area contributed by atoms with Gasteiger partial charge in [0.15, 0.2) is 11.5 Å². The van der Waals surface area contributed by atoms with Crippen LogP contribution in [0.5, 0.6) is 0 Å². The van der Waals surface area contributed by atoms with Crippen molar-refractivity contribution in [2.75, 3.05) is 0 Å². The number of aromatic nitrogens is 1. The Bertz CT molecular complexity index is 611. The Hall–Kier alpha value is -2.65. The Kier molecular flexibility index (Phi) is 3.90. The summed E-state index contributed by atoms with van der Waals surface area (Å²) in [7, 11) is 0. The molecular weight excluding hydrogens is 246 g/mol. The van der Waals surface area contributed by atoms with Gasteiger partial charge in [-0.1, -0.05) is 17.3 Å². The van der Waals surface area contributed by atoms with Gasteiger partial charge in [0.25, 0.3) is 0 Å². The topological polar surface area (TPSA) is 99.2 Å². The molecule has 2 N–H and O–H groups in total. The molecule has 0 aliphatic carbocycles. The highest BCUT2D eigenvalue weighted by molar-refractivity contribution is 5.85. The number of aromatic carboxylic acids is 1. The Morgan fingerprint density at radius 1 is 1.37 bits per heavy atom. The second kappa shape index (κ2) is 5.80. The van der Waals surface area contributed by atoms with Gasteiger partial charge in [-0.15, -0.1) is 0 Å². The third-order valence-corrected chi connectivity index (χ3v) is 2.49. The molecule has 0 saturated carbocycles. The number of benzene rings is 1. The molecule has 0 saturated heterocycles. The fourth-order valence-electron chi connectivity index (χ4n) is 1.52. The van der Waals surface area contributed by atoms with Gasteiger partial charge in [-0.2, -0.15) is 5.26 Å². The number of nitrogens with one attached hydrogen (secondary N) is 1. The van der Waals surface area contributed by atoms with Gasteiger partial charge in [0.05, 0.1) is 18.2 Å². The molecule has 0 atom stereocenters. The van der Waals surface area contributed by atoms with Gasteiger partial charge in [-0.05, 0) is 17.7 Å². The molecule has 0 radical (unpaired) electrons. The fourth-order valence-corrected chi connectivity index (χ4v) is 1.52. The third kappa shape index (κ3) is 3.40. The molecule has 0 spiro atoms. The van der Waals surface area contributed by atoms with Gasteiger partial charge in [0.2, 0.25) is 0 Å². The SMILES string of the molecule is N#Cc1ccc(CNCc2cc(C(=O)O)no2)cc1. The molecule has 2 aromatic rings. The summed E-state index contributed by atoms with van der Waals surface area (Å²) >= 11 is 0. The number of hydrogen-bond acceptors (Lipinski definition) is 5. The maximum absolute atomic E-state index is 10.6. The molecule has 96 valence electrons. The lowest BCUT2D eigenvalue weighted by Gasteiger charge is -2.02. The summed E-state index contributed by atoms with van der Waals surface area (Å²) in [4.78, 5) is 10.6. The number of nitrogens with zero attached hydrogens (tertiary/aromatic N) is 2. The zero-order valence-corrected chi connectivity index (χ0v) is 9.96. The molecule has 0 fully saturated rings. The van der Waals surface area contributed by atoms with Crippen molar-refractivity contribution in [1.29, 1.82) is 5.26 Å². The van der Waals surface area contributed by atoms with Crippen LogP contribution in [0.15, 0.2) is 34.9 Å². The summed E-state index contributed by atoms with van der Waals surface area (Å²) in [5.41, 5.74) is 1.54. The normalized spacial score (nSPS) is 10.1. The molecule has 0 unspecified atom stereocenters. The minimum Gasteiger partial charge on any atom is -0.476 e. The lowest BCUT2D eigenvalue weighted by molar-refractivity contribution is 0.0685. The monoisotopic (exact) mass is 257 g/mol. The lowest BCUT2D eigenvalue weighted by Crippen LogP contribution is -2.12. The Morgan fingerprint density at radius 3 is 2.68 bits per heavy atom. The number of carbonyl (C=O) groups is 1. The van der Waals surface area contributed by atoms with Crippen LogP contribution in [0, 0.1) is 11.3 Å². The van der Waals surface area contributed by atoms with Crippen molar-refractivity contribution >= 4 is 5.97 Å². The third-order valence-electron chi connectivity index (χ3n) is 2.49. The summed E-state index contributed by atoms with van der Waals surface area (Å²) in [5, 5.41) is 23.9. The van der Waals surface area contributed by atoms with Crippen molar-refractivity contribution in [1.82, 2.24) is 10.5 Å². The first-order valence-electron chi connectivity index (χ1n) is 5.57. The molecule has 1 aromatic heterocycles. The van der Waals surface area contributed by atoms with Gasteiger partial charge in [0.1, 0.15) is 0 Å². The standard InChI is InChI=1S/C13H11N3O3/c14-6-9-1-3-10(4-2-9)7-15-8-11-5-12(13(17)18)16-19-11/h1-5,15H,7-8H2,(H,17,18). The average Bonchev–Trinajstić information content (AvgIpc) is 2.89. The van der Waals surface area contributed by atoms with Crippen molar-refractivity contribution < 1.29 is 14.4 Å². The van der Waals surface area contributed by atoms with E-state index in [1.165, 1.54) is 6.07 Å². The van der Waals surface area contributed by atoms with Crippen molar-refractivity contribution in [3.63, 3.8) is 0 Å². The van der Waals surface area contributed by atoms with E-state index >= 15 is 0 Å². The summed E-state index contributed by atoms with van der Waals surface area (Å²) in [6.07, 6.45) is 0. The van der Waals surface area contributed by atoms with E-state index in [1.807, 2.05) is 12.1 Å². The minimum absolute atomic E-state index is 0.102. The number of carboxylic acid groups (broad SMARTS) is 1. The molecule has 1 aromatic carbocycles. The van der Waals surface area contributed by atoms with Gasteiger partial charge in [0, 0.05) is 12.6 Å². The summed E-state index contributed by atoms with van der Waals surface area (Å²) in [6, 6.07) is 10.6. The van der Waals surface area contributed by atoms with Crippen LogP contribution in [0.3, 0.4) is 0 Å². The second-order valence-corrected chi connectivity index (χ2v) is 3.90. The number of rotatable bonds is 5. The molecule has 1 heterocycles.